The van der Waals surface area contributed by atoms with Gasteiger partial charge in [0, 0.05) is 111 Å². The molecule has 0 fully saturated rings. The van der Waals surface area contributed by atoms with Crippen molar-refractivity contribution < 1.29 is 19.2 Å². The van der Waals surface area contributed by atoms with Crippen molar-refractivity contribution in [1.29, 1.82) is 0 Å². The van der Waals surface area contributed by atoms with Crippen molar-refractivity contribution in [2.24, 2.45) is 68.8 Å². The second-order valence-corrected chi connectivity index (χ2v) is 13.5. The van der Waals surface area contributed by atoms with Crippen molar-refractivity contribution in [3.05, 3.63) is 0 Å². The molecule has 0 atom stereocenters. The van der Waals surface area contributed by atoms with E-state index in [9.17, 15) is 19.2 Å². The standard InChI is InChI=1S/C30H74N20O4/c1-4-45-21(51)7-11-43-12-19-50(16-9-23(53)47-6-3)20-14-44-13-18-49(15-8-22(52)46-5-2)17-10-24(54)48-30(41,42)29(39,40)28(37,38)27(35,36)26(33,34)25(31)32/h25,43-44H,4-20,31-42H2,1-3H3,(H,45,51)(H,46,52)(H,47,53)(H,48,54). The third kappa shape index (κ3) is 16.1. The van der Waals surface area contributed by atoms with Gasteiger partial charge in [0.2, 0.25) is 23.6 Å². The fraction of sp³-hybridized carbons (Fsp3) is 0.867. The molecule has 0 rings (SSSR count). The Kier molecular flexibility index (Phi) is 22.8. The Morgan fingerprint density at radius 3 is 1.22 bits per heavy atom. The van der Waals surface area contributed by atoms with Crippen LogP contribution < -0.4 is 101 Å². The molecule has 0 aliphatic rings. The zero-order chi connectivity index (χ0) is 41.8. The summed E-state index contributed by atoms with van der Waals surface area (Å²) in [6.07, 6.45) is -0.793. The number of hydrogen-bond donors (Lipinski definition) is 18. The quantitative estimate of drug-likeness (QED) is 0.0238. The van der Waals surface area contributed by atoms with E-state index >= 15 is 0 Å². The van der Waals surface area contributed by atoms with Gasteiger partial charge in [0.1, 0.15) is 17.0 Å². The van der Waals surface area contributed by atoms with Gasteiger partial charge in [0.25, 0.3) is 0 Å². The molecule has 54 heavy (non-hydrogen) atoms. The molecule has 30 N–H and O–H groups in total. The van der Waals surface area contributed by atoms with Gasteiger partial charge >= 0.3 is 0 Å². The van der Waals surface area contributed by atoms with E-state index in [-0.39, 0.29) is 37.1 Å². The predicted octanol–water partition coefficient (Wildman–Crippen LogP) is -9.88. The molecule has 0 bridgehead atoms. The molecule has 0 unspecified atom stereocenters. The first-order valence-corrected chi connectivity index (χ1v) is 18.3. The first-order valence-electron chi connectivity index (χ1n) is 18.3. The van der Waals surface area contributed by atoms with Crippen LogP contribution in [0.5, 0.6) is 0 Å². The van der Waals surface area contributed by atoms with Crippen LogP contribution in [0.15, 0.2) is 0 Å². The smallest absolute Gasteiger partial charge is 0.223 e. The second-order valence-electron chi connectivity index (χ2n) is 13.5. The van der Waals surface area contributed by atoms with Crippen LogP contribution in [-0.4, -0.2) is 153 Å². The minimum atomic E-state index is -2.68. The van der Waals surface area contributed by atoms with Crippen molar-refractivity contribution in [2.45, 2.75) is 81.1 Å². The Bertz CT molecular complexity index is 1140. The fourth-order valence-corrected chi connectivity index (χ4v) is 5.19. The number of rotatable bonds is 30. The molecule has 0 aromatic rings. The summed E-state index contributed by atoms with van der Waals surface area (Å²) in [7, 11) is 0. The van der Waals surface area contributed by atoms with Gasteiger partial charge in [0.15, 0.2) is 11.4 Å². The summed E-state index contributed by atoms with van der Waals surface area (Å²) >= 11 is 0. The Balaban J connectivity index is 5.42. The van der Waals surface area contributed by atoms with E-state index in [0.29, 0.717) is 91.4 Å². The zero-order valence-corrected chi connectivity index (χ0v) is 32.6. The van der Waals surface area contributed by atoms with Crippen LogP contribution in [0.2, 0.25) is 0 Å². The number of nitrogens with zero attached hydrogens (tertiary/aromatic N) is 2. The Morgan fingerprint density at radius 2 is 0.833 bits per heavy atom. The van der Waals surface area contributed by atoms with Gasteiger partial charge in [0.05, 0.1) is 6.17 Å². The number of nitrogens with one attached hydrogen (secondary N) is 6. The van der Waals surface area contributed by atoms with Crippen LogP contribution in [0.1, 0.15) is 46.5 Å². The molecule has 24 heteroatoms. The number of carbonyl (C=O) groups is 4. The zero-order valence-electron chi connectivity index (χ0n) is 32.6. The van der Waals surface area contributed by atoms with E-state index in [2.05, 4.69) is 36.8 Å². The van der Waals surface area contributed by atoms with Crippen LogP contribution in [0.3, 0.4) is 0 Å². The van der Waals surface area contributed by atoms with Crippen molar-refractivity contribution in [3.8, 4) is 0 Å². The first kappa shape index (κ1) is 51.2. The SMILES string of the molecule is CCNC(=O)CCNCCN(CCNCCN(CCC(=O)NCC)CCC(=O)NC(N)(N)C(N)(N)C(N)(N)C(N)(N)C(N)(N)C(N)N)CCC(=O)NCC. The summed E-state index contributed by atoms with van der Waals surface area (Å²) in [5.74, 6) is -3.41. The fourth-order valence-electron chi connectivity index (χ4n) is 5.19. The first-order chi connectivity index (χ1) is 24.9. The lowest BCUT2D eigenvalue weighted by atomic mass is 9.73. The molecule has 24 nitrogen and oxygen atoms in total. The van der Waals surface area contributed by atoms with E-state index in [1.54, 1.807) is 0 Å². The van der Waals surface area contributed by atoms with E-state index in [1.165, 1.54) is 0 Å². The average molecular weight is 779 g/mol. The van der Waals surface area contributed by atoms with E-state index in [1.807, 2.05) is 25.7 Å². The Morgan fingerprint density at radius 1 is 0.481 bits per heavy atom. The molecule has 0 saturated heterocycles. The number of carbonyl (C=O) groups excluding carboxylic acids is 4. The summed E-state index contributed by atoms with van der Waals surface area (Å²) in [6.45, 7) is 12.3. The molecule has 0 aliphatic heterocycles. The number of amides is 4. The van der Waals surface area contributed by atoms with E-state index < -0.39 is 40.5 Å². The lowest BCUT2D eigenvalue weighted by molar-refractivity contribution is -0.125. The molecule has 0 aromatic heterocycles. The number of nitrogens with two attached hydrogens (primary N) is 12. The maximum Gasteiger partial charge on any atom is 0.223 e. The maximum atomic E-state index is 13.1. The lowest BCUT2D eigenvalue weighted by Crippen LogP contribution is -3.04. The molecule has 0 aromatic carbocycles. The summed E-state index contributed by atoms with van der Waals surface area (Å²) in [6, 6.07) is 0. The van der Waals surface area contributed by atoms with Crippen molar-refractivity contribution in [2.75, 3.05) is 85.1 Å². The van der Waals surface area contributed by atoms with E-state index in [4.69, 9.17) is 68.8 Å². The molecule has 0 radical (unpaired) electrons. The third-order valence-electron chi connectivity index (χ3n) is 9.10. The minimum absolute atomic E-state index is 0.0107. The highest BCUT2D eigenvalue weighted by Gasteiger charge is 2.66. The summed E-state index contributed by atoms with van der Waals surface area (Å²) in [5, 5.41) is 17.3. The van der Waals surface area contributed by atoms with Crippen molar-refractivity contribution >= 4 is 23.6 Å². The Hall–Kier alpha value is -2.76. The normalized spacial score (nSPS) is 13.1. The largest absolute Gasteiger partial charge is 0.356 e. The predicted molar refractivity (Wildman–Crippen MR) is 209 cm³/mol. The van der Waals surface area contributed by atoms with Crippen molar-refractivity contribution in [1.82, 2.24) is 41.7 Å². The molecule has 0 saturated carbocycles. The minimum Gasteiger partial charge on any atom is -0.356 e. The highest BCUT2D eigenvalue weighted by Crippen LogP contribution is 2.25. The molecule has 4 amide bonds. The molecule has 318 valence electrons. The molecule has 0 spiro atoms. The van der Waals surface area contributed by atoms with E-state index in [0.717, 1.165) is 0 Å². The van der Waals surface area contributed by atoms with Crippen LogP contribution in [0, 0.1) is 0 Å². The van der Waals surface area contributed by atoms with Crippen LogP contribution in [0.4, 0.5) is 0 Å². The molecule has 0 aliphatic carbocycles. The topological polar surface area (TPSA) is 459 Å². The van der Waals surface area contributed by atoms with Gasteiger partial charge < -0.3 is 99.0 Å². The summed E-state index contributed by atoms with van der Waals surface area (Å²) in [4.78, 5) is 53.2. The van der Waals surface area contributed by atoms with Gasteiger partial charge in [-0.05, 0) is 20.8 Å². The third-order valence-corrected chi connectivity index (χ3v) is 9.10. The molecular weight excluding hydrogens is 704 g/mol. The van der Waals surface area contributed by atoms with Crippen LogP contribution >= 0.6 is 0 Å². The summed E-state index contributed by atoms with van der Waals surface area (Å²) in [5.41, 5.74) is 62.1. The second kappa shape index (κ2) is 24.0. The number of hydrogen-bond acceptors (Lipinski definition) is 20. The monoisotopic (exact) mass is 779 g/mol. The average Bonchev–Trinajstić information content (AvgIpc) is 3.06. The van der Waals surface area contributed by atoms with Gasteiger partial charge in [-0.1, -0.05) is 0 Å². The molecule has 0 heterocycles. The van der Waals surface area contributed by atoms with Gasteiger partial charge in [-0.15, -0.1) is 0 Å². The molecular formula is C30H74N20O4. The summed E-state index contributed by atoms with van der Waals surface area (Å²) < 4.78 is 0. The highest BCUT2D eigenvalue weighted by atomic mass is 16.2. The van der Waals surface area contributed by atoms with Gasteiger partial charge in [-0.2, -0.15) is 0 Å². The van der Waals surface area contributed by atoms with Crippen LogP contribution in [0.25, 0.3) is 0 Å². The Labute approximate surface area is 319 Å². The maximum absolute atomic E-state index is 13.1. The van der Waals surface area contributed by atoms with Crippen LogP contribution in [-0.2, 0) is 19.2 Å². The highest BCUT2D eigenvalue weighted by molar-refractivity contribution is 5.77. The van der Waals surface area contributed by atoms with Crippen molar-refractivity contribution in [3.63, 3.8) is 0 Å². The van der Waals surface area contributed by atoms with Gasteiger partial charge in [-0.25, -0.2) is 0 Å². The lowest BCUT2D eigenvalue weighted by Gasteiger charge is -2.58. The van der Waals surface area contributed by atoms with Gasteiger partial charge in [-0.3, -0.25) is 30.6 Å².